The molecule has 4 nitrogen and oxygen atoms in total. The first-order valence-corrected chi connectivity index (χ1v) is 10.8. The first-order valence-electron chi connectivity index (χ1n) is 8.30. The van der Waals surface area contributed by atoms with Gasteiger partial charge in [-0.1, -0.05) is 29.8 Å². The first-order chi connectivity index (χ1) is 13.4. The van der Waals surface area contributed by atoms with Crippen molar-refractivity contribution in [2.75, 3.05) is 0 Å². The number of hydrogen-bond donors (Lipinski definition) is 0. The van der Waals surface area contributed by atoms with Crippen LogP contribution in [0.3, 0.4) is 0 Å². The third-order valence-corrected chi connectivity index (χ3v) is 6.13. The summed E-state index contributed by atoms with van der Waals surface area (Å²) in [4.78, 5) is 4.37. The van der Waals surface area contributed by atoms with Crippen molar-refractivity contribution < 1.29 is 9.15 Å². The smallest absolute Gasteiger partial charge is 0.237 e. The molecule has 0 aliphatic carbocycles. The molecule has 1 heterocycles. The number of halogens is 3. The van der Waals surface area contributed by atoms with Crippen molar-refractivity contribution in [2.24, 2.45) is 4.99 Å². The molecule has 0 aliphatic rings. The molecule has 0 spiro atoms. The molecule has 0 radical (unpaired) electrons. The zero-order valence-electron chi connectivity index (χ0n) is 15.1. The van der Waals surface area contributed by atoms with E-state index in [2.05, 4.69) is 56.2 Å². The number of nitrogens with zero attached hydrogens (tertiary/aromatic N) is 2. The third kappa shape index (κ3) is 4.70. The summed E-state index contributed by atoms with van der Waals surface area (Å²) in [5.74, 6) is 1.85. The molecule has 28 heavy (non-hydrogen) atoms. The predicted molar refractivity (Wildman–Crippen MR) is 128 cm³/mol. The molecular formula is C21H15ClI2N2O2. The zero-order valence-corrected chi connectivity index (χ0v) is 20.2. The van der Waals surface area contributed by atoms with Gasteiger partial charge in [0.1, 0.15) is 29.7 Å². The molecule has 3 rings (SSSR count). The van der Waals surface area contributed by atoms with Gasteiger partial charge in [0.05, 0.1) is 7.14 Å². The maximum Gasteiger partial charge on any atom is 0.237 e. The Bertz CT molecular complexity index is 1080. The minimum Gasteiger partial charge on any atom is -0.487 e. The highest BCUT2D eigenvalue weighted by atomic mass is 127. The second-order valence-electron chi connectivity index (χ2n) is 6.03. The Balaban J connectivity index is 1.81. The fourth-order valence-corrected chi connectivity index (χ4v) is 4.84. The second-order valence-corrected chi connectivity index (χ2v) is 8.76. The number of benzene rings is 2. The number of furan rings is 1. The first kappa shape index (κ1) is 21.1. The number of nitriles is 1. The average molecular weight is 617 g/mol. The van der Waals surface area contributed by atoms with Gasteiger partial charge >= 0.3 is 0 Å². The molecule has 0 amide bonds. The van der Waals surface area contributed by atoms with Crippen LogP contribution in [-0.4, -0.2) is 6.21 Å². The minimum atomic E-state index is 0.335. The van der Waals surface area contributed by atoms with E-state index in [1.54, 1.807) is 6.21 Å². The lowest BCUT2D eigenvalue weighted by Gasteiger charge is -2.12. The maximum absolute atomic E-state index is 9.29. The molecule has 0 aliphatic heterocycles. The molecule has 7 heteroatoms. The summed E-state index contributed by atoms with van der Waals surface area (Å²) >= 11 is 10.7. The Morgan fingerprint density at radius 1 is 1.21 bits per heavy atom. The van der Waals surface area contributed by atoms with Gasteiger partial charge in [0.25, 0.3) is 0 Å². The Kier molecular flexibility index (Phi) is 7.01. The van der Waals surface area contributed by atoms with Gasteiger partial charge in [-0.25, -0.2) is 4.99 Å². The zero-order chi connectivity index (χ0) is 20.3. The second kappa shape index (κ2) is 9.29. The van der Waals surface area contributed by atoms with Gasteiger partial charge in [-0.3, -0.25) is 0 Å². The molecule has 0 fully saturated rings. The van der Waals surface area contributed by atoms with Gasteiger partial charge in [0.2, 0.25) is 5.88 Å². The normalized spacial score (nSPS) is 11.0. The lowest BCUT2D eigenvalue weighted by molar-refractivity contribution is 0.302. The van der Waals surface area contributed by atoms with Gasteiger partial charge in [0, 0.05) is 22.4 Å². The molecule has 142 valence electrons. The Morgan fingerprint density at radius 3 is 2.54 bits per heavy atom. The van der Waals surface area contributed by atoms with E-state index in [0.29, 0.717) is 28.8 Å². The number of hydrogen-bond acceptors (Lipinski definition) is 4. The topological polar surface area (TPSA) is 58.5 Å². The summed E-state index contributed by atoms with van der Waals surface area (Å²) in [5, 5.41) is 9.98. The maximum atomic E-state index is 9.29. The summed E-state index contributed by atoms with van der Waals surface area (Å²) < 4.78 is 13.5. The molecule has 0 bridgehead atoms. The summed E-state index contributed by atoms with van der Waals surface area (Å²) in [6.07, 6.45) is 1.70. The van der Waals surface area contributed by atoms with E-state index >= 15 is 0 Å². The van der Waals surface area contributed by atoms with Crippen LogP contribution in [0.15, 0.2) is 45.8 Å². The van der Waals surface area contributed by atoms with Crippen LogP contribution in [-0.2, 0) is 6.61 Å². The molecule has 0 saturated heterocycles. The Labute approximate surface area is 195 Å². The van der Waals surface area contributed by atoms with Gasteiger partial charge in [-0.15, -0.1) is 0 Å². The number of ether oxygens (including phenoxy) is 1. The number of aliphatic imine (C=N–C) groups is 1. The standard InChI is InChI=1S/C21H15ClI2N2O2/c1-12-13(2)28-21(16(12)9-25)26-10-14-7-18(23)20(19(24)8-14)27-11-15-5-3-4-6-17(15)22/h3-8,10H,11H2,1-2H3. The summed E-state index contributed by atoms with van der Waals surface area (Å²) in [6.45, 7) is 4.08. The lowest BCUT2D eigenvalue weighted by Crippen LogP contribution is -2.00. The fraction of sp³-hybridized carbons (Fsp3) is 0.143. The average Bonchev–Trinajstić information content (AvgIpc) is 2.94. The molecule has 2 aromatic carbocycles. The summed E-state index contributed by atoms with van der Waals surface area (Å²) in [6, 6.07) is 13.7. The quantitative estimate of drug-likeness (QED) is 0.230. The van der Waals surface area contributed by atoms with E-state index in [9.17, 15) is 5.26 Å². The van der Waals surface area contributed by atoms with Crippen LogP contribution >= 0.6 is 56.8 Å². The highest BCUT2D eigenvalue weighted by Gasteiger charge is 2.14. The van der Waals surface area contributed by atoms with E-state index in [0.717, 1.165) is 29.6 Å². The van der Waals surface area contributed by atoms with Crippen LogP contribution in [0.2, 0.25) is 5.02 Å². The Morgan fingerprint density at radius 2 is 1.89 bits per heavy atom. The van der Waals surface area contributed by atoms with E-state index in [1.165, 1.54) is 0 Å². The van der Waals surface area contributed by atoms with Gasteiger partial charge in [-0.2, -0.15) is 5.26 Å². The molecule has 0 atom stereocenters. The largest absolute Gasteiger partial charge is 0.487 e. The monoisotopic (exact) mass is 616 g/mol. The van der Waals surface area contributed by atoms with E-state index in [-0.39, 0.29) is 0 Å². The molecular weight excluding hydrogens is 602 g/mol. The van der Waals surface area contributed by atoms with Gasteiger partial charge < -0.3 is 9.15 Å². The fourth-order valence-electron chi connectivity index (χ4n) is 2.52. The number of aryl methyl sites for hydroxylation is 1. The lowest BCUT2D eigenvalue weighted by atomic mass is 10.2. The highest BCUT2D eigenvalue weighted by molar-refractivity contribution is 14.1. The SMILES string of the molecule is Cc1oc(N=Cc2cc(I)c(OCc3ccccc3Cl)c(I)c2)c(C#N)c1C. The van der Waals surface area contributed by atoms with Crippen molar-refractivity contribution >= 4 is 68.9 Å². The Hall–Kier alpha value is -1.57. The highest BCUT2D eigenvalue weighted by Crippen LogP contribution is 2.31. The van der Waals surface area contributed by atoms with Crippen LogP contribution in [0, 0.1) is 32.3 Å². The van der Waals surface area contributed by atoms with Crippen LogP contribution in [0.1, 0.15) is 28.0 Å². The van der Waals surface area contributed by atoms with E-state index < -0.39 is 0 Å². The van der Waals surface area contributed by atoms with E-state index in [4.69, 9.17) is 20.8 Å². The molecule has 0 N–H and O–H groups in total. The number of rotatable bonds is 5. The van der Waals surface area contributed by atoms with Crippen LogP contribution in [0.5, 0.6) is 5.75 Å². The van der Waals surface area contributed by atoms with Crippen molar-refractivity contribution in [1.82, 2.24) is 0 Å². The minimum absolute atomic E-state index is 0.335. The van der Waals surface area contributed by atoms with Crippen molar-refractivity contribution in [3.05, 3.63) is 76.6 Å². The van der Waals surface area contributed by atoms with Crippen molar-refractivity contribution in [3.63, 3.8) is 0 Å². The molecule has 0 unspecified atom stereocenters. The van der Waals surface area contributed by atoms with Crippen LogP contribution in [0.4, 0.5) is 5.88 Å². The van der Waals surface area contributed by atoms with Crippen molar-refractivity contribution in [3.8, 4) is 11.8 Å². The van der Waals surface area contributed by atoms with Gasteiger partial charge in [0.15, 0.2) is 0 Å². The van der Waals surface area contributed by atoms with Crippen LogP contribution < -0.4 is 4.74 Å². The van der Waals surface area contributed by atoms with E-state index in [1.807, 2.05) is 50.2 Å². The molecule has 3 aromatic rings. The predicted octanol–water partition coefficient (Wildman–Crippen LogP) is 6.96. The summed E-state index contributed by atoms with van der Waals surface area (Å²) in [7, 11) is 0. The van der Waals surface area contributed by atoms with Gasteiger partial charge in [-0.05, 0) is 82.8 Å². The third-order valence-electron chi connectivity index (χ3n) is 4.16. The molecule has 0 saturated carbocycles. The van der Waals surface area contributed by atoms with Crippen molar-refractivity contribution in [2.45, 2.75) is 20.5 Å². The summed E-state index contributed by atoms with van der Waals surface area (Å²) in [5.41, 5.74) is 3.13. The van der Waals surface area contributed by atoms with Crippen molar-refractivity contribution in [1.29, 1.82) is 5.26 Å². The van der Waals surface area contributed by atoms with Crippen LogP contribution in [0.25, 0.3) is 0 Å². The molecule has 1 aromatic heterocycles.